The Morgan fingerprint density at radius 2 is 1.86 bits per heavy atom. The molecule has 106 valence electrons. The van der Waals surface area contributed by atoms with Crippen LogP contribution in [0.5, 0.6) is 0 Å². The van der Waals surface area contributed by atoms with Crippen LogP contribution >= 0.6 is 0 Å². The SMILES string of the molecule is CC(N)(Cc1ccc(F)cc1)c1ccc2cccnc2c1. The number of hydrogen-bond acceptors (Lipinski definition) is 2. The average molecular weight is 280 g/mol. The third-order valence-corrected chi connectivity index (χ3v) is 3.75. The molecular formula is C18H17FN2. The number of hydrogen-bond donors (Lipinski definition) is 1. The van der Waals surface area contributed by atoms with Crippen molar-refractivity contribution >= 4 is 10.9 Å². The van der Waals surface area contributed by atoms with Crippen molar-refractivity contribution in [2.75, 3.05) is 0 Å². The standard InChI is InChI=1S/C18H17FN2/c1-18(20,12-13-4-8-16(19)9-5-13)15-7-6-14-3-2-10-21-17(14)11-15/h2-11H,12,20H2,1H3. The summed E-state index contributed by atoms with van der Waals surface area (Å²) in [6.45, 7) is 1.99. The molecule has 2 nitrogen and oxygen atoms in total. The molecule has 0 saturated heterocycles. The molecule has 1 atom stereocenters. The molecule has 3 heteroatoms. The molecule has 0 saturated carbocycles. The summed E-state index contributed by atoms with van der Waals surface area (Å²) in [6.07, 6.45) is 2.42. The van der Waals surface area contributed by atoms with Crippen LogP contribution in [0.4, 0.5) is 4.39 Å². The van der Waals surface area contributed by atoms with E-state index >= 15 is 0 Å². The van der Waals surface area contributed by atoms with Gasteiger partial charge in [0.1, 0.15) is 5.82 Å². The predicted octanol–water partition coefficient (Wildman–Crippen LogP) is 3.79. The highest BCUT2D eigenvalue weighted by molar-refractivity contribution is 5.79. The average Bonchev–Trinajstić information content (AvgIpc) is 2.49. The van der Waals surface area contributed by atoms with Gasteiger partial charge in [-0.25, -0.2) is 4.39 Å². The van der Waals surface area contributed by atoms with E-state index in [0.29, 0.717) is 6.42 Å². The highest BCUT2D eigenvalue weighted by Crippen LogP contribution is 2.25. The summed E-state index contributed by atoms with van der Waals surface area (Å²) in [7, 11) is 0. The highest BCUT2D eigenvalue weighted by Gasteiger charge is 2.22. The van der Waals surface area contributed by atoms with Crippen LogP contribution in [0.15, 0.2) is 60.8 Å². The Morgan fingerprint density at radius 1 is 1.10 bits per heavy atom. The van der Waals surface area contributed by atoms with E-state index in [1.165, 1.54) is 12.1 Å². The second-order valence-corrected chi connectivity index (χ2v) is 5.63. The first-order valence-corrected chi connectivity index (χ1v) is 6.93. The van der Waals surface area contributed by atoms with Crippen LogP contribution in [0.3, 0.4) is 0 Å². The van der Waals surface area contributed by atoms with E-state index in [9.17, 15) is 4.39 Å². The van der Waals surface area contributed by atoms with Crippen LogP contribution in [0.1, 0.15) is 18.1 Å². The van der Waals surface area contributed by atoms with Crippen molar-refractivity contribution in [3.63, 3.8) is 0 Å². The number of benzene rings is 2. The summed E-state index contributed by atoms with van der Waals surface area (Å²) < 4.78 is 13.0. The van der Waals surface area contributed by atoms with Gasteiger partial charge in [0.05, 0.1) is 5.52 Å². The lowest BCUT2D eigenvalue weighted by Crippen LogP contribution is -2.35. The van der Waals surface area contributed by atoms with Crippen LogP contribution < -0.4 is 5.73 Å². The first-order chi connectivity index (χ1) is 10.0. The lowest BCUT2D eigenvalue weighted by atomic mass is 9.86. The summed E-state index contributed by atoms with van der Waals surface area (Å²) in [5.74, 6) is -0.229. The van der Waals surface area contributed by atoms with Crippen LogP contribution in [-0.4, -0.2) is 4.98 Å². The molecule has 0 spiro atoms. The molecule has 0 aliphatic heterocycles. The zero-order valence-corrected chi connectivity index (χ0v) is 11.9. The fourth-order valence-electron chi connectivity index (χ4n) is 2.55. The maximum atomic E-state index is 13.0. The summed E-state index contributed by atoms with van der Waals surface area (Å²) in [6, 6.07) is 16.5. The van der Waals surface area contributed by atoms with E-state index in [4.69, 9.17) is 5.73 Å². The minimum absolute atomic E-state index is 0.229. The first kappa shape index (κ1) is 13.7. The minimum Gasteiger partial charge on any atom is -0.321 e. The molecule has 2 N–H and O–H groups in total. The summed E-state index contributed by atoms with van der Waals surface area (Å²) >= 11 is 0. The first-order valence-electron chi connectivity index (χ1n) is 6.93. The quantitative estimate of drug-likeness (QED) is 0.792. The molecule has 1 unspecified atom stereocenters. The fourth-order valence-corrected chi connectivity index (χ4v) is 2.55. The second kappa shape index (κ2) is 5.26. The van der Waals surface area contributed by atoms with Crippen molar-refractivity contribution in [3.05, 3.63) is 77.7 Å². The van der Waals surface area contributed by atoms with Crippen molar-refractivity contribution in [3.8, 4) is 0 Å². The monoisotopic (exact) mass is 280 g/mol. The van der Waals surface area contributed by atoms with E-state index in [-0.39, 0.29) is 5.82 Å². The topological polar surface area (TPSA) is 38.9 Å². The molecule has 0 aliphatic carbocycles. The van der Waals surface area contributed by atoms with Crippen molar-refractivity contribution in [1.29, 1.82) is 0 Å². The van der Waals surface area contributed by atoms with Gasteiger partial charge in [-0.1, -0.05) is 30.3 Å². The van der Waals surface area contributed by atoms with Gasteiger partial charge in [-0.2, -0.15) is 0 Å². The largest absolute Gasteiger partial charge is 0.321 e. The maximum absolute atomic E-state index is 13.0. The third-order valence-electron chi connectivity index (χ3n) is 3.75. The zero-order chi connectivity index (χ0) is 14.9. The predicted molar refractivity (Wildman–Crippen MR) is 83.4 cm³/mol. The Kier molecular flexibility index (Phi) is 3.43. The van der Waals surface area contributed by atoms with Crippen LogP contribution in [0.25, 0.3) is 10.9 Å². The fraction of sp³-hybridized carbons (Fsp3) is 0.167. The normalized spacial score (nSPS) is 14.0. The number of nitrogens with two attached hydrogens (primary N) is 1. The number of fused-ring (bicyclic) bond motifs is 1. The Bertz CT molecular complexity index is 764. The van der Waals surface area contributed by atoms with Crippen LogP contribution in [-0.2, 0) is 12.0 Å². The van der Waals surface area contributed by atoms with Gasteiger partial charge in [0, 0.05) is 17.1 Å². The molecule has 0 bridgehead atoms. The van der Waals surface area contributed by atoms with E-state index in [1.54, 1.807) is 18.3 Å². The lowest BCUT2D eigenvalue weighted by molar-refractivity contribution is 0.491. The third kappa shape index (κ3) is 2.93. The van der Waals surface area contributed by atoms with E-state index < -0.39 is 5.54 Å². The van der Waals surface area contributed by atoms with Gasteiger partial charge in [-0.15, -0.1) is 0 Å². The smallest absolute Gasteiger partial charge is 0.123 e. The van der Waals surface area contributed by atoms with Gasteiger partial charge >= 0.3 is 0 Å². The van der Waals surface area contributed by atoms with Crippen LogP contribution in [0, 0.1) is 5.82 Å². The van der Waals surface area contributed by atoms with Crippen LogP contribution in [0.2, 0.25) is 0 Å². The number of aromatic nitrogens is 1. The van der Waals surface area contributed by atoms with Gasteiger partial charge in [-0.05, 0) is 48.7 Å². The molecule has 3 rings (SSSR count). The molecule has 1 heterocycles. The number of pyridine rings is 1. The lowest BCUT2D eigenvalue weighted by Gasteiger charge is -2.25. The molecular weight excluding hydrogens is 263 g/mol. The van der Waals surface area contributed by atoms with E-state index in [2.05, 4.69) is 4.98 Å². The van der Waals surface area contributed by atoms with Gasteiger partial charge in [0.2, 0.25) is 0 Å². The molecule has 3 aromatic rings. The van der Waals surface area contributed by atoms with E-state index in [0.717, 1.165) is 22.0 Å². The minimum atomic E-state index is -0.524. The zero-order valence-electron chi connectivity index (χ0n) is 11.9. The van der Waals surface area contributed by atoms with E-state index in [1.807, 2.05) is 37.3 Å². The van der Waals surface area contributed by atoms with Crippen molar-refractivity contribution in [1.82, 2.24) is 4.98 Å². The van der Waals surface area contributed by atoms with Gasteiger partial charge in [0.25, 0.3) is 0 Å². The highest BCUT2D eigenvalue weighted by atomic mass is 19.1. The second-order valence-electron chi connectivity index (χ2n) is 5.63. The van der Waals surface area contributed by atoms with Gasteiger partial charge < -0.3 is 5.73 Å². The molecule has 0 radical (unpaired) electrons. The molecule has 2 aromatic carbocycles. The van der Waals surface area contributed by atoms with Gasteiger partial charge in [-0.3, -0.25) is 4.98 Å². The maximum Gasteiger partial charge on any atom is 0.123 e. The van der Waals surface area contributed by atoms with Crippen molar-refractivity contribution < 1.29 is 4.39 Å². The Balaban J connectivity index is 1.93. The molecule has 1 aromatic heterocycles. The summed E-state index contributed by atoms with van der Waals surface area (Å²) in [4.78, 5) is 4.37. The Labute approximate surface area is 123 Å². The number of rotatable bonds is 3. The van der Waals surface area contributed by atoms with Crippen molar-refractivity contribution in [2.45, 2.75) is 18.9 Å². The molecule has 0 fully saturated rings. The number of halogens is 1. The molecule has 0 amide bonds. The summed E-state index contributed by atoms with van der Waals surface area (Å²) in [5, 5.41) is 1.10. The summed E-state index contributed by atoms with van der Waals surface area (Å²) in [5.41, 5.74) is 8.93. The van der Waals surface area contributed by atoms with Crippen molar-refractivity contribution in [2.24, 2.45) is 5.73 Å². The Morgan fingerprint density at radius 3 is 2.62 bits per heavy atom. The molecule has 21 heavy (non-hydrogen) atoms. The molecule has 0 aliphatic rings. The van der Waals surface area contributed by atoms with Gasteiger partial charge in [0.15, 0.2) is 0 Å². The Hall–Kier alpha value is -2.26. The number of nitrogens with zero attached hydrogens (tertiary/aromatic N) is 1.